The Morgan fingerprint density at radius 1 is 1.26 bits per heavy atom. The summed E-state index contributed by atoms with van der Waals surface area (Å²) in [4.78, 5) is 15.9. The van der Waals surface area contributed by atoms with Crippen LogP contribution in [0.3, 0.4) is 0 Å². The van der Waals surface area contributed by atoms with E-state index in [9.17, 15) is 4.79 Å². The van der Waals surface area contributed by atoms with Crippen LogP contribution in [-0.2, 0) is 6.42 Å². The molecule has 1 heterocycles. The average molecular weight is 255 g/mol. The molecule has 19 heavy (non-hydrogen) atoms. The topological polar surface area (TPSA) is 68.0 Å². The van der Waals surface area contributed by atoms with Crippen LogP contribution in [0.5, 0.6) is 0 Å². The maximum atomic E-state index is 12.0. The third kappa shape index (κ3) is 3.55. The van der Waals surface area contributed by atoms with Gasteiger partial charge in [0.25, 0.3) is 5.91 Å². The van der Waals surface area contributed by atoms with Gasteiger partial charge < -0.3 is 11.1 Å². The number of carbonyl (C=O) groups excluding carboxylic acids is 1. The first kappa shape index (κ1) is 13.1. The third-order valence-electron chi connectivity index (χ3n) is 2.90. The van der Waals surface area contributed by atoms with Gasteiger partial charge in [0.2, 0.25) is 0 Å². The summed E-state index contributed by atoms with van der Waals surface area (Å²) in [6.45, 7) is 2.53. The normalized spacial score (nSPS) is 10.2. The number of nitrogens with zero attached hydrogens (tertiary/aromatic N) is 1. The van der Waals surface area contributed by atoms with Crippen molar-refractivity contribution < 1.29 is 4.79 Å². The van der Waals surface area contributed by atoms with Gasteiger partial charge in [-0.05, 0) is 48.7 Å². The minimum atomic E-state index is -0.133. The van der Waals surface area contributed by atoms with Crippen LogP contribution < -0.4 is 11.1 Å². The van der Waals surface area contributed by atoms with E-state index in [0.29, 0.717) is 17.8 Å². The molecule has 0 fully saturated rings. The molecule has 2 rings (SSSR count). The average Bonchev–Trinajstić information content (AvgIpc) is 2.39. The smallest absolute Gasteiger partial charge is 0.253 e. The second kappa shape index (κ2) is 6.00. The molecule has 2 aromatic rings. The van der Waals surface area contributed by atoms with Crippen molar-refractivity contribution in [3.8, 4) is 0 Å². The van der Waals surface area contributed by atoms with Crippen LogP contribution in [0.2, 0.25) is 0 Å². The van der Waals surface area contributed by atoms with Crippen LogP contribution in [0.1, 0.15) is 21.5 Å². The van der Waals surface area contributed by atoms with Gasteiger partial charge in [0.15, 0.2) is 0 Å². The molecule has 3 N–H and O–H groups in total. The first-order chi connectivity index (χ1) is 9.16. The molecule has 98 valence electrons. The first-order valence-electron chi connectivity index (χ1n) is 6.20. The van der Waals surface area contributed by atoms with Gasteiger partial charge in [-0.15, -0.1) is 0 Å². The fraction of sp³-hybridized carbons (Fsp3) is 0.200. The van der Waals surface area contributed by atoms with Crippen LogP contribution in [0.4, 0.5) is 5.69 Å². The molecule has 0 radical (unpaired) electrons. The number of nitrogens with two attached hydrogens (primary N) is 1. The number of rotatable bonds is 4. The molecule has 0 spiro atoms. The molecule has 0 unspecified atom stereocenters. The highest BCUT2D eigenvalue weighted by Crippen LogP contribution is 2.13. The number of anilines is 1. The van der Waals surface area contributed by atoms with Crippen molar-refractivity contribution in [1.82, 2.24) is 10.3 Å². The lowest BCUT2D eigenvalue weighted by Crippen LogP contribution is -2.26. The van der Waals surface area contributed by atoms with Crippen molar-refractivity contribution in [3.63, 3.8) is 0 Å². The van der Waals surface area contributed by atoms with Gasteiger partial charge in [-0.2, -0.15) is 0 Å². The molecular formula is C15H17N3O. The summed E-state index contributed by atoms with van der Waals surface area (Å²) >= 11 is 0. The van der Waals surface area contributed by atoms with Gasteiger partial charge in [-0.25, -0.2) is 0 Å². The minimum absolute atomic E-state index is 0.133. The predicted molar refractivity (Wildman–Crippen MR) is 75.9 cm³/mol. The van der Waals surface area contributed by atoms with Crippen molar-refractivity contribution in [3.05, 3.63) is 59.4 Å². The number of nitrogens with one attached hydrogen (secondary N) is 1. The molecule has 0 aliphatic heterocycles. The third-order valence-corrected chi connectivity index (χ3v) is 2.90. The van der Waals surface area contributed by atoms with Crippen LogP contribution in [0.25, 0.3) is 0 Å². The molecule has 0 saturated heterocycles. The Morgan fingerprint density at radius 2 is 2.00 bits per heavy atom. The number of pyridine rings is 1. The number of nitrogen functional groups attached to an aromatic ring is 1. The number of hydrogen-bond acceptors (Lipinski definition) is 3. The van der Waals surface area contributed by atoms with E-state index in [1.165, 1.54) is 0 Å². The summed E-state index contributed by atoms with van der Waals surface area (Å²) in [6.07, 6.45) is 4.27. The second-order valence-electron chi connectivity index (χ2n) is 4.45. The molecule has 4 nitrogen and oxygen atoms in total. The Balaban J connectivity index is 1.91. The summed E-state index contributed by atoms with van der Waals surface area (Å²) in [5.74, 6) is -0.133. The lowest BCUT2D eigenvalue weighted by atomic mass is 10.1. The van der Waals surface area contributed by atoms with Gasteiger partial charge in [0.1, 0.15) is 0 Å². The monoisotopic (exact) mass is 255 g/mol. The molecular weight excluding hydrogens is 238 g/mol. The summed E-state index contributed by atoms with van der Waals surface area (Å²) in [6, 6.07) is 9.32. The Morgan fingerprint density at radius 3 is 2.68 bits per heavy atom. The summed E-state index contributed by atoms with van der Waals surface area (Å²) < 4.78 is 0. The molecule has 1 amide bonds. The largest absolute Gasteiger partial charge is 0.398 e. The van der Waals surface area contributed by atoms with Gasteiger partial charge in [0.05, 0.1) is 5.56 Å². The molecule has 0 bridgehead atoms. The highest BCUT2D eigenvalue weighted by Gasteiger charge is 2.08. The van der Waals surface area contributed by atoms with Crippen molar-refractivity contribution in [1.29, 1.82) is 0 Å². The zero-order valence-corrected chi connectivity index (χ0v) is 10.9. The lowest BCUT2D eigenvalue weighted by Gasteiger charge is -2.08. The summed E-state index contributed by atoms with van der Waals surface area (Å²) in [5, 5.41) is 2.87. The van der Waals surface area contributed by atoms with Crippen molar-refractivity contribution in [2.75, 3.05) is 12.3 Å². The molecule has 1 aromatic heterocycles. The standard InChI is InChI=1S/C15H17N3O/c1-11-2-3-13(14(16)10-11)15(19)18-9-6-12-4-7-17-8-5-12/h2-5,7-8,10H,6,9,16H2,1H3,(H,18,19). The van der Waals surface area contributed by atoms with E-state index in [2.05, 4.69) is 10.3 Å². The van der Waals surface area contributed by atoms with E-state index >= 15 is 0 Å². The number of aromatic nitrogens is 1. The van der Waals surface area contributed by atoms with Gasteiger partial charge in [-0.3, -0.25) is 9.78 Å². The van der Waals surface area contributed by atoms with Crippen LogP contribution in [-0.4, -0.2) is 17.4 Å². The predicted octanol–water partition coefficient (Wildman–Crippen LogP) is 1.94. The fourth-order valence-corrected chi connectivity index (χ4v) is 1.85. The Bertz CT molecular complexity index is 567. The van der Waals surface area contributed by atoms with Crippen molar-refractivity contribution in [2.24, 2.45) is 0 Å². The highest BCUT2D eigenvalue weighted by atomic mass is 16.1. The highest BCUT2D eigenvalue weighted by molar-refractivity contribution is 5.99. The van der Waals surface area contributed by atoms with E-state index in [4.69, 9.17) is 5.73 Å². The fourth-order valence-electron chi connectivity index (χ4n) is 1.85. The minimum Gasteiger partial charge on any atom is -0.398 e. The molecule has 1 aromatic carbocycles. The SMILES string of the molecule is Cc1ccc(C(=O)NCCc2ccncc2)c(N)c1. The molecule has 0 saturated carbocycles. The van der Waals surface area contributed by atoms with Crippen LogP contribution in [0.15, 0.2) is 42.7 Å². The zero-order valence-electron chi connectivity index (χ0n) is 10.9. The Labute approximate surface area is 112 Å². The number of carbonyl (C=O) groups is 1. The van der Waals surface area contributed by atoms with Crippen molar-refractivity contribution >= 4 is 11.6 Å². The number of aryl methyl sites for hydroxylation is 1. The van der Waals surface area contributed by atoms with Crippen LogP contribution >= 0.6 is 0 Å². The second-order valence-corrected chi connectivity index (χ2v) is 4.45. The van der Waals surface area contributed by atoms with Crippen LogP contribution in [0, 0.1) is 6.92 Å². The van der Waals surface area contributed by atoms with Crippen molar-refractivity contribution in [2.45, 2.75) is 13.3 Å². The summed E-state index contributed by atoms with van der Waals surface area (Å²) in [7, 11) is 0. The Hall–Kier alpha value is -2.36. The maximum Gasteiger partial charge on any atom is 0.253 e. The zero-order chi connectivity index (χ0) is 13.7. The van der Waals surface area contributed by atoms with Gasteiger partial charge >= 0.3 is 0 Å². The first-order valence-corrected chi connectivity index (χ1v) is 6.20. The lowest BCUT2D eigenvalue weighted by molar-refractivity contribution is 0.0955. The number of benzene rings is 1. The molecule has 4 heteroatoms. The van der Waals surface area contributed by atoms with E-state index in [0.717, 1.165) is 17.5 Å². The van der Waals surface area contributed by atoms with E-state index in [-0.39, 0.29) is 5.91 Å². The quantitative estimate of drug-likeness (QED) is 0.820. The molecule has 0 aliphatic rings. The van der Waals surface area contributed by atoms with Gasteiger partial charge in [-0.1, -0.05) is 6.07 Å². The van der Waals surface area contributed by atoms with Gasteiger partial charge in [0, 0.05) is 24.6 Å². The molecule has 0 aliphatic carbocycles. The maximum absolute atomic E-state index is 12.0. The van der Waals surface area contributed by atoms with E-state index < -0.39 is 0 Å². The number of hydrogen-bond donors (Lipinski definition) is 2. The summed E-state index contributed by atoms with van der Waals surface area (Å²) in [5.41, 5.74) is 9.07. The Kier molecular flexibility index (Phi) is 4.13. The van der Waals surface area contributed by atoms with E-state index in [1.54, 1.807) is 24.5 Å². The number of amides is 1. The molecule has 0 atom stereocenters. The van der Waals surface area contributed by atoms with E-state index in [1.807, 2.05) is 25.1 Å².